The fourth-order valence-electron chi connectivity index (χ4n) is 2.03. The van der Waals surface area contributed by atoms with Gasteiger partial charge >= 0.3 is 0 Å². The second-order valence-electron chi connectivity index (χ2n) is 5.17. The number of aromatic nitrogens is 2. The van der Waals surface area contributed by atoms with E-state index in [0.29, 0.717) is 12.5 Å². The molecule has 0 aliphatic carbocycles. The van der Waals surface area contributed by atoms with Gasteiger partial charge in [-0.1, -0.05) is 18.2 Å². The van der Waals surface area contributed by atoms with Crippen LogP contribution in [0.3, 0.4) is 0 Å². The summed E-state index contributed by atoms with van der Waals surface area (Å²) >= 11 is 0. The maximum atomic E-state index is 5.74. The average Bonchev–Trinajstić information content (AvgIpc) is 2.63. The Morgan fingerprint density at radius 2 is 1.58 bits per heavy atom. The maximum Gasteiger partial charge on any atom is 0.232 e. The number of nitrogens with zero attached hydrogens (tertiary/aromatic N) is 2. The smallest absolute Gasteiger partial charge is 0.232 e. The van der Waals surface area contributed by atoms with Crippen LogP contribution in [0.5, 0.6) is 23.1 Å². The van der Waals surface area contributed by atoms with Crippen molar-refractivity contribution in [2.75, 3.05) is 6.61 Å². The van der Waals surface area contributed by atoms with Gasteiger partial charge in [-0.2, -0.15) is 0 Å². The number of benzene rings is 2. The molecule has 3 aromatic rings. The van der Waals surface area contributed by atoms with Gasteiger partial charge in [0.1, 0.15) is 30.0 Å². The van der Waals surface area contributed by atoms with Crippen molar-refractivity contribution in [3.05, 3.63) is 73.2 Å². The first-order valence-corrected chi connectivity index (χ1v) is 7.68. The van der Waals surface area contributed by atoms with E-state index in [4.69, 9.17) is 14.2 Å². The maximum absolute atomic E-state index is 5.74. The van der Waals surface area contributed by atoms with Crippen LogP contribution in [0.1, 0.15) is 6.92 Å². The lowest BCUT2D eigenvalue weighted by Gasteiger charge is -2.14. The fourth-order valence-corrected chi connectivity index (χ4v) is 2.03. The molecule has 1 aromatic heterocycles. The summed E-state index contributed by atoms with van der Waals surface area (Å²) in [6.45, 7) is 2.33. The summed E-state index contributed by atoms with van der Waals surface area (Å²) in [6, 6.07) is 17.1. The minimum Gasteiger partial charge on any atom is -0.490 e. The van der Waals surface area contributed by atoms with Crippen molar-refractivity contribution in [2.24, 2.45) is 0 Å². The van der Waals surface area contributed by atoms with Gasteiger partial charge in [-0.15, -0.1) is 0 Å². The summed E-state index contributed by atoms with van der Waals surface area (Å²) in [5, 5.41) is 0. The molecule has 5 nitrogen and oxygen atoms in total. The summed E-state index contributed by atoms with van der Waals surface area (Å²) in [5.41, 5.74) is 0. The van der Waals surface area contributed by atoms with Crippen molar-refractivity contribution in [3.63, 3.8) is 0 Å². The SMILES string of the molecule is CC(COc1ccc(Oc2ccccc2)cc1)Oc1cnccn1. The van der Waals surface area contributed by atoms with E-state index in [1.807, 2.05) is 61.5 Å². The van der Waals surface area contributed by atoms with Crippen LogP contribution in [0.2, 0.25) is 0 Å². The number of ether oxygens (including phenoxy) is 3. The van der Waals surface area contributed by atoms with Crippen molar-refractivity contribution < 1.29 is 14.2 Å². The van der Waals surface area contributed by atoms with Crippen LogP contribution in [0.15, 0.2) is 73.2 Å². The summed E-state index contributed by atoms with van der Waals surface area (Å²) in [4.78, 5) is 8.03. The van der Waals surface area contributed by atoms with Gasteiger partial charge in [-0.25, -0.2) is 4.98 Å². The molecule has 3 rings (SSSR count). The van der Waals surface area contributed by atoms with Crippen molar-refractivity contribution in [1.82, 2.24) is 9.97 Å². The third-order valence-electron chi connectivity index (χ3n) is 3.15. The fraction of sp³-hybridized carbons (Fsp3) is 0.158. The zero-order valence-corrected chi connectivity index (χ0v) is 13.3. The third-order valence-corrected chi connectivity index (χ3v) is 3.15. The lowest BCUT2D eigenvalue weighted by atomic mass is 10.3. The molecule has 2 aromatic carbocycles. The number of para-hydroxylation sites is 1. The monoisotopic (exact) mass is 322 g/mol. The highest BCUT2D eigenvalue weighted by atomic mass is 16.5. The van der Waals surface area contributed by atoms with E-state index in [1.165, 1.54) is 0 Å². The van der Waals surface area contributed by atoms with Gasteiger partial charge in [-0.3, -0.25) is 4.98 Å². The predicted molar refractivity (Wildman–Crippen MR) is 90.6 cm³/mol. The highest BCUT2D eigenvalue weighted by Gasteiger charge is 2.06. The van der Waals surface area contributed by atoms with Crippen LogP contribution >= 0.6 is 0 Å². The Morgan fingerprint density at radius 3 is 2.29 bits per heavy atom. The van der Waals surface area contributed by atoms with Crippen LogP contribution in [-0.4, -0.2) is 22.7 Å². The minimum atomic E-state index is -0.137. The zero-order chi connectivity index (χ0) is 16.6. The van der Waals surface area contributed by atoms with E-state index in [2.05, 4.69) is 9.97 Å². The van der Waals surface area contributed by atoms with E-state index < -0.39 is 0 Å². The summed E-state index contributed by atoms with van der Waals surface area (Å²) in [7, 11) is 0. The quantitative estimate of drug-likeness (QED) is 0.655. The topological polar surface area (TPSA) is 53.5 Å². The van der Waals surface area contributed by atoms with E-state index in [-0.39, 0.29) is 6.10 Å². The van der Waals surface area contributed by atoms with Gasteiger partial charge in [0.2, 0.25) is 5.88 Å². The molecule has 0 saturated heterocycles. The lowest BCUT2D eigenvalue weighted by Crippen LogP contribution is -2.21. The van der Waals surface area contributed by atoms with E-state index in [9.17, 15) is 0 Å². The summed E-state index contributed by atoms with van der Waals surface area (Å²) < 4.78 is 17.1. The van der Waals surface area contributed by atoms with Gasteiger partial charge in [0.05, 0.1) is 6.20 Å². The molecule has 0 fully saturated rings. The molecule has 1 atom stereocenters. The van der Waals surface area contributed by atoms with Crippen LogP contribution < -0.4 is 14.2 Å². The predicted octanol–water partition coefficient (Wildman–Crippen LogP) is 4.12. The van der Waals surface area contributed by atoms with Gasteiger partial charge in [-0.05, 0) is 43.3 Å². The molecule has 0 radical (unpaired) electrons. The largest absolute Gasteiger partial charge is 0.490 e. The third kappa shape index (κ3) is 4.71. The Hall–Kier alpha value is -3.08. The Morgan fingerprint density at radius 1 is 0.875 bits per heavy atom. The molecule has 0 amide bonds. The standard InChI is InChI=1S/C19H18N2O3/c1-15(23-19-13-20-11-12-21-19)14-22-16-7-9-18(10-8-16)24-17-5-3-2-4-6-17/h2-13,15H,14H2,1H3. The van der Waals surface area contributed by atoms with Gasteiger partial charge in [0, 0.05) is 12.4 Å². The molecule has 0 aliphatic rings. The number of hydrogen-bond donors (Lipinski definition) is 0. The van der Waals surface area contributed by atoms with Crippen LogP contribution in [0.25, 0.3) is 0 Å². The van der Waals surface area contributed by atoms with E-state index in [0.717, 1.165) is 17.2 Å². The average molecular weight is 322 g/mol. The number of rotatable bonds is 7. The Bertz CT molecular complexity index is 734. The molecule has 0 spiro atoms. The summed E-state index contributed by atoms with van der Waals surface area (Å²) in [6.07, 6.45) is 4.63. The molecule has 0 bridgehead atoms. The molecule has 24 heavy (non-hydrogen) atoms. The first-order valence-electron chi connectivity index (χ1n) is 7.68. The molecule has 0 aliphatic heterocycles. The Labute approximate surface area is 140 Å². The second kappa shape index (κ2) is 7.97. The van der Waals surface area contributed by atoms with Crippen molar-refractivity contribution in [3.8, 4) is 23.1 Å². The second-order valence-corrected chi connectivity index (χ2v) is 5.17. The van der Waals surface area contributed by atoms with Gasteiger partial charge < -0.3 is 14.2 Å². The zero-order valence-electron chi connectivity index (χ0n) is 13.3. The Kier molecular flexibility index (Phi) is 5.24. The molecule has 1 unspecified atom stereocenters. The van der Waals surface area contributed by atoms with Crippen LogP contribution in [-0.2, 0) is 0 Å². The van der Waals surface area contributed by atoms with E-state index >= 15 is 0 Å². The van der Waals surface area contributed by atoms with Gasteiger partial charge in [0.15, 0.2) is 0 Å². The lowest BCUT2D eigenvalue weighted by molar-refractivity contribution is 0.137. The molecule has 5 heteroatoms. The molecule has 1 heterocycles. The molecule has 0 saturated carbocycles. The molecule has 122 valence electrons. The van der Waals surface area contributed by atoms with Crippen LogP contribution in [0.4, 0.5) is 0 Å². The number of hydrogen-bond acceptors (Lipinski definition) is 5. The first kappa shape index (κ1) is 15.8. The molecule has 0 N–H and O–H groups in total. The van der Waals surface area contributed by atoms with Crippen molar-refractivity contribution in [1.29, 1.82) is 0 Å². The highest BCUT2D eigenvalue weighted by molar-refractivity contribution is 5.35. The highest BCUT2D eigenvalue weighted by Crippen LogP contribution is 2.23. The van der Waals surface area contributed by atoms with E-state index in [1.54, 1.807) is 18.6 Å². The van der Waals surface area contributed by atoms with Crippen LogP contribution in [0, 0.1) is 0 Å². The van der Waals surface area contributed by atoms with Crippen molar-refractivity contribution in [2.45, 2.75) is 13.0 Å². The molecular formula is C19H18N2O3. The summed E-state index contributed by atoms with van der Waals surface area (Å²) in [5.74, 6) is 2.81. The Balaban J connectivity index is 1.49. The first-order chi connectivity index (χ1) is 11.8. The molecular weight excluding hydrogens is 304 g/mol. The minimum absolute atomic E-state index is 0.137. The normalized spacial score (nSPS) is 11.5. The van der Waals surface area contributed by atoms with Gasteiger partial charge in [0.25, 0.3) is 0 Å². The van der Waals surface area contributed by atoms with Crippen molar-refractivity contribution >= 4 is 0 Å².